The highest BCUT2D eigenvalue weighted by Crippen LogP contribution is 2.41. The van der Waals surface area contributed by atoms with Crippen molar-refractivity contribution in [3.05, 3.63) is 28.8 Å². The lowest BCUT2D eigenvalue weighted by molar-refractivity contribution is 0.281. The summed E-state index contributed by atoms with van der Waals surface area (Å²) in [6, 6.07) is 3.09. The molecule has 0 radical (unpaired) electrons. The Morgan fingerprint density at radius 3 is 2.12 bits per heavy atom. The summed E-state index contributed by atoms with van der Waals surface area (Å²) < 4.78 is 34.1. The molecule has 0 bridgehead atoms. The Morgan fingerprint density at radius 1 is 1.19 bits per heavy atom. The minimum Gasteiger partial charge on any atom is -0.415 e. The highest BCUT2D eigenvalue weighted by atomic mass is 32.2. The van der Waals surface area contributed by atoms with Crippen LogP contribution in [0.5, 0.6) is 0 Å². The van der Waals surface area contributed by atoms with Crippen molar-refractivity contribution in [2.75, 3.05) is 6.61 Å². The Balaban J connectivity index is 2.28. The number of terminal acetylenes is 1. The second-order valence-corrected chi connectivity index (χ2v) is 15.4. The molecule has 0 N–H and O–H groups in total. The molecule has 0 amide bonds. The van der Waals surface area contributed by atoms with Crippen LogP contribution in [0, 0.1) is 33.1 Å². The second kappa shape index (κ2) is 6.79. The van der Waals surface area contributed by atoms with E-state index in [-0.39, 0.29) is 11.1 Å². The highest BCUT2D eigenvalue weighted by Gasteiger charge is 2.56. The van der Waals surface area contributed by atoms with E-state index in [1.807, 2.05) is 32.9 Å². The van der Waals surface area contributed by atoms with Gasteiger partial charge in [-0.2, -0.15) is 4.31 Å². The number of aryl methyl sites for hydroxylation is 3. The van der Waals surface area contributed by atoms with E-state index in [1.165, 1.54) is 4.31 Å². The first-order chi connectivity index (χ1) is 11.7. The van der Waals surface area contributed by atoms with Gasteiger partial charge in [0.2, 0.25) is 10.0 Å². The van der Waals surface area contributed by atoms with E-state index < -0.39 is 24.4 Å². The molecule has 0 saturated carbocycles. The third-order valence-electron chi connectivity index (χ3n) is 5.61. The fraction of sp³-hybridized carbons (Fsp3) is 0.600. The average Bonchev–Trinajstić information content (AvgIpc) is 3.16. The molecule has 1 saturated heterocycles. The SMILES string of the molecule is C#C[C@H]1[C@@H](CO[Si](C)(C)C(C)(C)C)N1S(=O)(=O)c1c(C)cc(C)cc1C. The first kappa shape index (κ1) is 21.2. The van der Waals surface area contributed by atoms with Crippen LogP contribution >= 0.6 is 0 Å². The van der Waals surface area contributed by atoms with Crippen LogP contribution in [0.2, 0.25) is 18.1 Å². The van der Waals surface area contributed by atoms with Crippen LogP contribution in [0.3, 0.4) is 0 Å². The van der Waals surface area contributed by atoms with Gasteiger partial charge in [0.15, 0.2) is 8.32 Å². The third kappa shape index (κ3) is 3.77. The van der Waals surface area contributed by atoms with Gasteiger partial charge in [-0.3, -0.25) is 0 Å². The average molecular weight is 394 g/mol. The Hall–Kier alpha value is -1.13. The fourth-order valence-electron chi connectivity index (χ4n) is 3.12. The molecule has 3 atom stereocenters. The van der Waals surface area contributed by atoms with Crippen molar-refractivity contribution in [2.45, 2.75) is 76.7 Å². The predicted molar refractivity (Wildman–Crippen MR) is 109 cm³/mol. The molecular weight excluding hydrogens is 362 g/mol. The maximum absolute atomic E-state index is 13.2. The van der Waals surface area contributed by atoms with Gasteiger partial charge in [-0.15, -0.1) is 6.42 Å². The van der Waals surface area contributed by atoms with Crippen LogP contribution in [0.15, 0.2) is 17.0 Å². The molecule has 1 aliphatic heterocycles. The van der Waals surface area contributed by atoms with Gasteiger partial charge < -0.3 is 4.43 Å². The number of nitrogens with zero attached hydrogens (tertiary/aromatic N) is 1. The summed E-state index contributed by atoms with van der Waals surface area (Å²) in [4.78, 5) is 0.373. The summed E-state index contributed by atoms with van der Waals surface area (Å²) in [5.41, 5.74) is 2.57. The molecule has 1 aromatic carbocycles. The lowest BCUT2D eigenvalue weighted by Gasteiger charge is -2.36. The van der Waals surface area contributed by atoms with Crippen molar-refractivity contribution < 1.29 is 12.8 Å². The Labute approximate surface area is 160 Å². The molecule has 1 fully saturated rings. The van der Waals surface area contributed by atoms with E-state index in [2.05, 4.69) is 39.8 Å². The van der Waals surface area contributed by atoms with Crippen molar-refractivity contribution in [3.63, 3.8) is 0 Å². The summed E-state index contributed by atoms with van der Waals surface area (Å²) in [5.74, 6) is 2.62. The maximum atomic E-state index is 13.2. The van der Waals surface area contributed by atoms with Gasteiger partial charge in [-0.05, 0) is 50.0 Å². The summed E-state index contributed by atoms with van der Waals surface area (Å²) in [5, 5.41) is 0.0708. The zero-order valence-electron chi connectivity index (χ0n) is 17.2. The van der Waals surface area contributed by atoms with Crippen LogP contribution in [-0.2, 0) is 14.4 Å². The molecular formula is C20H31NO3SSi. The normalized spacial score (nSPS) is 23.6. The van der Waals surface area contributed by atoms with Gasteiger partial charge in [-0.25, -0.2) is 8.42 Å². The molecule has 26 heavy (non-hydrogen) atoms. The highest BCUT2D eigenvalue weighted by molar-refractivity contribution is 7.89. The van der Waals surface area contributed by atoms with Crippen molar-refractivity contribution in [3.8, 4) is 12.3 Å². The summed E-state index contributed by atoms with van der Waals surface area (Å²) in [7, 11) is -5.59. The van der Waals surface area contributed by atoms with Gasteiger partial charge in [0.1, 0.15) is 6.04 Å². The number of rotatable bonds is 5. The molecule has 1 aromatic rings. The van der Waals surface area contributed by atoms with Gasteiger partial charge >= 0.3 is 0 Å². The van der Waals surface area contributed by atoms with E-state index in [1.54, 1.807) is 0 Å². The minimum atomic E-state index is -3.63. The second-order valence-electron chi connectivity index (χ2n) is 8.81. The Morgan fingerprint density at radius 2 is 1.69 bits per heavy atom. The number of hydrogen-bond donors (Lipinski definition) is 0. The monoisotopic (exact) mass is 393 g/mol. The zero-order chi connectivity index (χ0) is 20.1. The van der Waals surface area contributed by atoms with Crippen LogP contribution in [0.1, 0.15) is 37.5 Å². The molecule has 2 rings (SSSR count). The third-order valence-corrected chi connectivity index (χ3v) is 12.3. The lowest BCUT2D eigenvalue weighted by atomic mass is 10.1. The lowest BCUT2D eigenvalue weighted by Crippen LogP contribution is -2.42. The Bertz CT molecular complexity index is 824. The zero-order valence-corrected chi connectivity index (χ0v) is 19.0. The molecule has 0 aromatic heterocycles. The van der Waals surface area contributed by atoms with Gasteiger partial charge in [0.25, 0.3) is 0 Å². The van der Waals surface area contributed by atoms with Crippen LogP contribution in [-0.4, -0.2) is 39.7 Å². The minimum absolute atomic E-state index is 0.0708. The smallest absolute Gasteiger partial charge is 0.245 e. The topological polar surface area (TPSA) is 46.4 Å². The molecule has 144 valence electrons. The number of sulfonamides is 1. The first-order valence-corrected chi connectivity index (χ1v) is 13.3. The summed E-state index contributed by atoms with van der Waals surface area (Å²) in [6.45, 7) is 16.8. The van der Waals surface area contributed by atoms with Gasteiger partial charge in [0, 0.05) is 0 Å². The van der Waals surface area contributed by atoms with Crippen molar-refractivity contribution in [1.82, 2.24) is 4.31 Å². The molecule has 1 heterocycles. The Kier molecular flexibility index (Phi) is 5.53. The maximum Gasteiger partial charge on any atom is 0.245 e. The van der Waals surface area contributed by atoms with Crippen molar-refractivity contribution in [1.29, 1.82) is 0 Å². The quantitative estimate of drug-likeness (QED) is 0.431. The largest absolute Gasteiger partial charge is 0.415 e. The first-order valence-electron chi connectivity index (χ1n) is 8.95. The van der Waals surface area contributed by atoms with Gasteiger partial charge in [0.05, 0.1) is 17.5 Å². The van der Waals surface area contributed by atoms with E-state index in [9.17, 15) is 8.42 Å². The molecule has 0 spiro atoms. The van der Waals surface area contributed by atoms with Crippen LogP contribution in [0.25, 0.3) is 0 Å². The van der Waals surface area contributed by atoms with E-state index in [4.69, 9.17) is 10.8 Å². The standard InChI is InChI=1S/C20H31NO3SSi/c1-10-17-18(13-24-26(8,9)20(5,6)7)21(17)25(22,23)19-15(3)11-14(2)12-16(19)4/h1,11-12,17-18H,13H2,2-9H3/t17-,18+,21?/m0/s1. The summed E-state index contributed by atoms with van der Waals surface area (Å²) in [6.07, 6.45) is 5.61. The van der Waals surface area contributed by atoms with Crippen molar-refractivity contribution in [2.24, 2.45) is 0 Å². The van der Waals surface area contributed by atoms with Crippen molar-refractivity contribution >= 4 is 18.3 Å². The molecule has 1 unspecified atom stereocenters. The number of hydrogen-bond acceptors (Lipinski definition) is 3. The molecule has 0 aliphatic carbocycles. The summed E-state index contributed by atoms with van der Waals surface area (Å²) >= 11 is 0. The number of benzene rings is 1. The van der Waals surface area contributed by atoms with E-state index >= 15 is 0 Å². The van der Waals surface area contributed by atoms with Gasteiger partial charge in [-0.1, -0.05) is 44.4 Å². The molecule has 1 aliphatic rings. The van der Waals surface area contributed by atoms with Crippen LogP contribution in [0.4, 0.5) is 0 Å². The van der Waals surface area contributed by atoms with E-state index in [0.717, 1.165) is 16.7 Å². The van der Waals surface area contributed by atoms with Crippen LogP contribution < -0.4 is 0 Å². The predicted octanol–water partition coefficient (Wildman–Crippen LogP) is 4.01. The molecule has 4 nitrogen and oxygen atoms in total. The van der Waals surface area contributed by atoms with E-state index in [0.29, 0.717) is 11.5 Å². The molecule has 6 heteroatoms. The fourth-order valence-corrected chi connectivity index (χ4v) is 6.26.